The first-order valence-electron chi connectivity index (χ1n) is 17.2. The fourth-order valence-electron chi connectivity index (χ4n) is 7.64. The monoisotopic (exact) mass is 700 g/mol. The molecule has 2 aliphatic carbocycles. The van der Waals surface area contributed by atoms with Crippen molar-refractivity contribution in [2.24, 2.45) is 0 Å². The lowest BCUT2D eigenvalue weighted by Crippen LogP contribution is -2.41. The summed E-state index contributed by atoms with van der Waals surface area (Å²) in [6.45, 7) is 1.94. The standard InChI is InChI=1S/C38H42Cl2N6O3/c1-49-37-23(20-41-21-24-12-17-34(47)43-24)11-15-33(46-37)38(19-5-7-27(36(38)40)26-6-2-3-8-29(26)39)32-16-14-28-30(9-4-10-31(28)45-32)42-22-25-13-18-35(48)44-25/h2-3,5-8,11,14-16,19,24-25,30,36,41-42H,4,9-10,12-13,17-18,20-22H2,1H3,(H,43,47)(H,44,48)/t24-,25-,30-,36?,38?/m0/s1. The third-order valence-corrected chi connectivity index (χ3v) is 11.2. The van der Waals surface area contributed by atoms with Crippen LogP contribution >= 0.6 is 23.2 Å². The number of allylic oxidation sites excluding steroid dienone is 4. The lowest BCUT2D eigenvalue weighted by molar-refractivity contribution is -0.120. The molecule has 0 saturated carbocycles. The molecule has 2 amide bonds. The number of halogens is 2. The second-order valence-electron chi connectivity index (χ2n) is 13.4. The molecule has 11 heteroatoms. The van der Waals surface area contributed by atoms with Crippen molar-refractivity contribution in [3.8, 4) is 5.88 Å². The minimum atomic E-state index is -0.929. The topological polar surface area (TPSA) is 117 Å². The van der Waals surface area contributed by atoms with Gasteiger partial charge in [0.15, 0.2) is 0 Å². The van der Waals surface area contributed by atoms with E-state index in [-0.39, 0.29) is 29.9 Å². The molecule has 4 aliphatic rings. The van der Waals surface area contributed by atoms with E-state index in [1.165, 1.54) is 5.56 Å². The number of rotatable bonds is 11. The number of benzene rings is 1. The zero-order valence-corrected chi connectivity index (χ0v) is 29.1. The number of carbonyl (C=O) groups is 2. The molecule has 2 saturated heterocycles. The molecule has 9 nitrogen and oxygen atoms in total. The van der Waals surface area contributed by atoms with Gasteiger partial charge in [0.2, 0.25) is 17.7 Å². The Balaban J connectivity index is 1.23. The number of carbonyl (C=O) groups excluding carboxylic acids is 2. The minimum Gasteiger partial charge on any atom is -0.481 e. The van der Waals surface area contributed by atoms with Crippen LogP contribution in [0.1, 0.15) is 78.3 Å². The van der Waals surface area contributed by atoms with Gasteiger partial charge in [-0.2, -0.15) is 0 Å². The molecule has 7 rings (SSSR count). The first-order chi connectivity index (χ1) is 23.9. The average Bonchev–Trinajstić information content (AvgIpc) is 3.74. The van der Waals surface area contributed by atoms with E-state index in [1.54, 1.807) is 7.11 Å². The van der Waals surface area contributed by atoms with E-state index in [9.17, 15) is 9.59 Å². The van der Waals surface area contributed by atoms with Crippen molar-refractivity contribution in [1.82, 2.24) is 31.2 Å². The second kappa shape index (κ2) is 14.6. The van der Waals surface area contributed by atoms with E-state index in [0.717, 1.165) is 72.4 Å². The number of pyridine rings is 2. The maximum atomic E-state index is 11.8. The van der Waals surface area contributed by atoms with Crippen LogP contribution in [0.4, 0.5) is 0 Å². The van der Waals surface area contributed by atoms with Crippen LogP contribution in [0.5, 0.6) is 5.88 Å². The van der Waals surface area contributed by atoms with Crippen LogP contribution in [-0.4, -0.2) is 59.4 Å². The van der Waals surface area contributed by atoms with Gasteiger partial charge in [0.05, 0.1) is 29.3 Å². The Hall–Kier alpha value is -3.76. The summed E-state index contributed by atoms with van der Waals surface area (Å²) in [5, 5.41) is 13.3. The van der Waals surface area contributed by atoms with Gasteiger partial charge in [-0.15, -0.1) is 11.6 Å². The predicted octanol–water partition coefficient (Wildman–Crippen LogP) is 5.30. The Morgan fingerprint density at radius 1 is 0.918 bits per heavy atom. The number of hydrogen-bond donors (Lipinski definition) is 4. The van der Waals surface area contributed by atoms with Crippen LogP contribution in [0.15, 0.2) is 66.8 Å². The Morgan fingerprint density at radius 3 is 2.39 bits per heavy atom. The Kier molecular flexibility index (Phi) is 10.1. The predicted molar refractivity (Wildman–Crippen MR) is 192 cm³/mol. The van der Waals surface area contributed by atoms with Gasteiger partial charge < -0.3 is 26.0 Å². The maximum absolute atomic E-state index is 11.8. The van der Waals surface area contributed by atoms with Crippen molar-refractivity contribution in [2.45, 2.75) is 80.4 Å². The summed E-state index contributed by atoms with van der Waals surface area (Å²) in [5.41, 5.74) is 5.50. The van der Waals surface area contributed by atoms with Crippen molar-refractivity contribution in [1.29, 1.82) is 0 Å². The number of aryl methyl sites for hydroxylation is 1. The Labute approximate surface area is 297 Å². The molecule has 256 valence electrons. The van der Waals surface area contributed by atoms with Crippen LogP contribution in [-0.2, 0) is 28.0 Å². The number of ether oxygens (including phenoxy) is 1. The average molecular weight is 702 g/mol. The van der Waals surface area contributed by atoms with Crippen LogP contribution in [0.25, 0.3) is 5.57 Å². The summed E-state index contributed by atoms with van der Waals surface area (Å²) < 4.78 is 5.86. The fourth-order valence-corrected chi connectivity index (χ4v) is 8.37. The quantitative estimate of drug-likeness (QED) is 0.201. The highest BCUT2D eigenvalue weighted by Crippen LogP contribution is 2.48. The van der Waals surface area contributed by atoms with Crippen LogP contribution in [0.2, 0.25) is 5.02 Å². The number of nitrogens with zero attached hydrogens (tertiary/aromatic N) is 2. The summed E-state index contributed by atoms with van der Waals surface area (Å²) >= 11 is 14.4. The molecule has 0 bridgehead atoms. The van der Waals surface area contributed by atoms with Crippen LogP contribution in [0, 0.1) is 0 Å². The molecule has 2 unspecified atom stereocenters. The summed E-state index contributed by atoms with van der Waals surface area (Å²) in [4.78, 5) is 33.9. The number of alkyl halides is 1. The summed E-state index contributed by atoms with van der Waals surface area (Å²) in [7, 11) is 1.63. The van der Waals surface area contributed by atoms with Gasteiger partial charge in [-0.3, -0.25) is 14.6 Å². The fraction of sp³-hybridized carbons (Fsp3) is 0.421. The number of amides is 2. The molecular formula is C38H42Cl2N6O3. The van der Waals surface area contributed by atoms with Gasteiger partial charge in [0, 0.05) is 66.9 Å². The molecule has 0 radical (unpaired) electrons. The molecule has 4 N–H and O–H groups in total. The van der Waals surface area contributed by atoms with Crippen molar-refractivity contribution >= 4 is 40.6 Å². The summed E-state index contributed by atoms with van der Waals surface area (Å²) in [6, 6.07) is 16.5. The van der Waals surface area contributed by atoms with Gasteiger partial charge >= 0.3 is 0 Å². The van der Waals surface area contributed by atoms with E-state index < -0.39 is 10.8 Å². The summed E-state index contributed by atoms with van der Waals surface area (Å²) in [5.74, 6) is 0.735. The van der Waals surface area contributed by atoms with Crippen molar-refractivity contribution in [3.05, 3.63) is 106 Å². The summed E-state index contributed by atoms with van der Waals surface area (Å²) in [6.07, 6.45) is 11.9. The van der Waals surface area contributed by atoms with Crippen molar-refractivity contribution in [2.75, 3.05) is 20.2 Å². The van der Waals surface area contributed by atoms with Gasteiger partial charge in [-0.05, 0) is 67.0 Å². The SMILES string of the molecule is COc1nc(C2(c3ccc4c(n3)CCC[C@@H]4NC[C@@H]3CCC(=O)N3)C=CC=C(c3ccccc3Cl)C2Cl)ccc1CNC[C@@H]1CCC(=O)N1. The zero-order chi connectivity index (χ0) is 34.0. The maximum Gasteiger partial charge on any atom is 0.220 e. The Morgan fingerprint density at radius 2 is 1.65 bits per heavy atom. The highest BCUT2D eigenvalue weighted by molar-refractivity contribution is 6.34. The normalized spacial score (nSPS) is 26.2. The van der Waals surface area contributed by atoms with Gasteiger partial charge in [0.25, 0.3) is 0 Å². The van der Waals surface area contributed by atoms with E-state index in [4.69, 9.17) is 37.9 Å². The number of aromatic nitrogens is 2. The Bertz CT molecular complexity index is 1800. The van der Waals surface area contributed by atoms with E-state index in [2.05, 4.69) is 39.5 Å². The zero-order valence-electron chi connectivity index (χ0n) is 27.6. The number of fused-ring (bicyclic) bond motifs is 1. The molecular weight excluding hydrogens is 659 g/mol. The molecule has 4 heterocycles. The van der Waals surface area contributed by atoms with E-state index in [1.807, 2.05) is 48.6 Å². The third kappa shape index (κ3) is 6.86. The van der Waals surface area contributed by atoms with E-state index in [0.29, 0.717) is 36.8 Å². The molecule has 1 aromatic carbocycles. The third-order valence-electron chi connectivity index (χ3n) is 10.3. The lowest BCUT2D eigenvalue weighted by Gasteiger charge is -2.39. The smallest absolute Gasteiger partial charge is 0.220 e. The molecule has 3 aromatic rings. The minimum absolute atomic E-state index is 0.101. The highest BCUT2D eigenvalue weighted by atomic mass is 35.5. The molecule has 49 heavy (non-hydrogen) atoms. The van der Waals surface area contributed by atoms with Crippen LogP contribution in [0.3, 0.4) is 0 Å². The number of nitrogens with one attached hydrogen (secondary N) is 4. The van der Waals surface area contributed by atoms with Crippen molar-refractivity contribution < 1.29 is 14.3 Å². The van der Waals surface area contributed by atoms with E-state index >= 15 is 0 Å². The first-order valence-corrected chi connectivity index (χ1v) is 18.0. The van der Waals surface area contributed by atoms with Gasteiger partial charge in [-0.1, -0.05) is 60.2 Å². The molecule has 5 atom stereocenters. The molecule has 2 fully saturated rings. The van der Waals surface area contributed by atoms with Crippen LogP contribution < -0.4 is 26.0 Å². The highest BCUT2D eigenvalue weighted by Gasteiger charge is 2.46. The van der Waals surface area contributed by atoms with Gasteiger partial charge in [0.1, 0.15) is 0 Å². The first kappa shape index (κ1) is 33.7. The largest absolute Gasteiger partial charge is 0.481 e. The van der Waals surface area contributed by atoms with Crippen molar-refractivity contribution in [3.63, 3.8) is 0 Å². The van der Waals surface area contributed by atoms with Gasteiger partial charge in [-0.25, -0.2) is 4.98 Å². The lowest BCUT2D eigenvalue weighted by atomic mass is 9.70. The molecule has 0 spiro atoms. The number of hydrogen-bond acceptors (Lipinski definition) is 7. The molecule has 2 aromatic heterocycles. The second-order valence-corrected chi connectivity index (χ2v) is 14.2. The molecule has 2 aliphatic heterocycles. The number of methoxy groups -OCH3 is 1.